The first-order chi connectivity index (χ1) is 20.8. The molecule has 2 atom stereocenters. The number of alkyl carbamates (subject to hydrolysis) is 1. The number of benzene rings is 2. The zero-order chi connectivity index (χ0) is 30.8. The normalized spacial score (nSPS) is 19.6. The Morgan fingerprint density at radius 3 is 2.56 bits per heavy atom. The van der Waals surface area contributed by atoms with E-state index in [2.05, 4.69) is 22.0 Å². The van der Waals surface area contributed by atoms with Gasteiger partial charge in [0, 0.05) is 63.8 Å². The fraction of sp³-hybridized carbons (Fsp3) is 0.576. The molecule has 43 heavy (non-hydrogen) atoms. The van der Waals surface area contributed by atoms with Gasteiger partial charge in [-0.25, -0.2) is 9.18 Å². The van der Waals surface area contributed by atoms with Crippen LogP contribution in [0.15, 0.2) is 42.5 Å². The smallest absolute Gasteiger partial charge is 0.406 e. The van der Waals surface area contributed by atoms with E-state index in [1.807, 2.05) is 29.2 Å². The summed E-state index contributed by atoms with van der Waals surface area (Å²) >= 11 is 0. The number of methoxy groups -OCH3 is 1. The van der Waals surface area contributed by atoms with Gasteiger partial charge in [0.15, 0.2) is 0 Å². The number of nitrogens with zero attached hydrogens (tertiary/aromatic N) is 3. The van der Waals surface area contributed by atoms with Crippen molar-refractivity contribution in [2.24, 2.45) is 5.92 Å². The molecule has 10 heteroatoms. The average molecular weight is 599 g/mol. The van der Waals surface area contributed by atoms with Crippen molar-refractivity contribution in [3.8, 4) is 11.1 Å². The largest absolute Gasteiger partial charge is 0.453 e. The Bertz CT molecular complexity index is 1220. The highest BCUT2D eigenvalue weighted by Gasteiger charge is 2.43. The summed E-state index contributed by atoms with van der Waals surface area (Å²) in [7, 11) is 1.30. The number of amides is 2. The second-order valence-electron chi connectivity index (χ2n) is 11.7. The van der Waals surface area contributed by atoms with Gasteiger partial charge in [0.05, 0.1) is 25.9 Å². The summed E-state index contributed by atoms with van der Waals surface area (Å²) in [5.41, 5.74) is 1.24. The van der Waals surface area contributed by atoms with Crippen LogP contribution in [-0.4, -0.2) is 110 Å². The molecule has 3 N–H and O–H groups in total. The van der Waals surface area contributed by atoms with Gasteiger partial charge in [-0.3, -0.25) is 14.6 Å². The molecule has 2 aromatic carbocycles. The molecular formula is C33H47FN4O5. The minimum atomic E-state index is -1.44. The van der Waals surface area contributed by atoms with E-state index in [1.165, 1.54) is 13.2 Å². The number of aliphatic hydroxyl groups is 2. The van der Waals surface area contributed by atoms with E-state index in [-0.39, 0.29) is 24.9 Å². The molecule has 2 saturated heterocycles. The van der Waals surface area contributed by atoms with Crippen molar-refractivity contribution in [1.82, 2.24) is 20.0 Å². The molecule has 0 unspecified atom stereocenters. The number of hydrogen-bond donors (Lipinski definition) is 3. The zero-order valence-corrected chi connectivity index (χ0v) is 25.6. The third kappa shape index (κ3) is 8.32. The highest BCUT2D eigenvalue weighted by atomic mass is 19.1. The lowest BCUT2D eigenvalue weighted by Crippen LogP contribution is -2.53. The van der Waals surface area contributed by atoms with Gasteiger partial charge in [0.2, 0.25) is 5.91 Å². The summed E-state index contributed by atoms with van der Waals surface area (Å²) in [5, 5.41) is 24.5. The van der Waals surface area contributed by atoms with Crippen LogP contribution in [0.2, 0.25) is 0 Å². The van der Waals surface area contributed by atoms with Gasteiger partial charge in [0.1, 0.15) is 5.82 Å². The third-order valence-corrected chi connectivity index (χ3v) is 8.98. The number of rotatable bonds is 12. The Kier molecular flexibility index (Phi) is 11.9. The van der Waals surface area contributed by atoms with E-state index in [9.17, 15) is 19.8 Å². The first-order valence-corrected chi connectivity index (χ1v) is 15.5. The standard InChI is InChI=1S/C33H47FN4O5/c1-3-25-8-4-9-26(22-25)31-28(11-5-12-29(31)34)33(42,13-7-14-35-32(41)43-2)27-10-6-15-38(23-27)30(40)24-37-18-16-36(17-19-37)20-21-39/h4-5,8-9,11-12,22,27,39,42H,3,6-7,10,13-21,23-24H2,1-2H3,(H,35,41)/t27-,33+/m1/s1. The van der Waals surface area contributed by atoms with Gasteiger partial charge in [-0.05, 0) is 54.9 Å². The maximum absolute atomic E-state index is 15.7. The first-order valence-electron chi connectivity index (χ1n) is 15.5. The van der Waals surface area contributed by atoms with Crippen molar-refractivity contribution in [3.05, 3.63) is 59.4 Å². The van der Waals surface area contributed by atoms with Crippen LogP contribution in [0.5, 0.6) is 0 Å². The minimum absolute atomic E-state index is 0.0325. The molecule has 0 aromatic heterocycles. The van der Waals surface area contributed by atoms with Crippen molar-refractivity contribution >= 4 is 12.0 Å². The van der Waals surface area contributed by atoms with Crippen LogP contribution in [0.1, 0.15) is 43.7 Å². The topological polar surface area (TPSA) is 106 Å². The number of hydrogen-bond acceptors (Lipinski definition) is 7. The second-order valence-corrected chi connectivity index (χ2v) is 11.7. The van der Waals surface area contributed by atoms with E-state index in [1.54, 1.807) is 12.1 Å². The molecule has 0 bridgehead atoms. The fourth-order valence-corrected chi connectivity index (χ4v) is 6.50. The lowest BCUT2D eigenvalue weighted by atomic mass is 9.72. The van der Waals surface area contributed by atoms with Crippen LogP contribution in [0.3, 0.4) is 0 Å². The monoisotopic (exact) mass is 598 g/mol. The highest BCUT2D eigenvalue weighted by molar-refractivity contribution is 5.78. The number of halogens is 1. The predicted octanol–water partition coefficient (Wildman–Crippen LogP) is 3.23. The van der Waals surface area contributed by atoms with Gasteiger partial charge in [-0.1, -0.05) is 43.3 Å². The van der Waals surface area contributed by atoms with Gasteiger partial charge >= 0.3 is 6.09 Å². The number of aryl methyl sites for hydroxylation is 1. The number of β-amino-alcohol motifs (C(OH)–C–C–N with tert-alkyl or cyclic N) is 1. The molecule has 236 valence electrons. The first kappa shape index (κ1) is 32.9. The van der Waals surface area contributed by atoms with Crippen molar-refractivity contribution in [2.75, 3.05) is 72.6 Å². The molecule has 2 aliphatic rings. The van der Waals surface area contributed by atoms with E-state index in [0.717, 1.165) is 44.6 Å². The third-order valence-electron chi connectivity index (χ3n) is 8.98. The Hall–Kier alpha value is -3.05. The highest BCUT2D eigenvalue weighted by Crippen LogP contribution is 2.44. The maximum atomic E-state index is 15.7. The molecule has 0 saturated carbocycles. The van der Waals surface area contributed by atoms with Gasteiger partial charge in [0.25, 0.3) is 0 Å². The van der Waals surface area contributed by atoms with Gasteiger partial charge < -0.3 is 25.2 Å². The molecule has 2 heterocycles. The molecule has 9 nitrogen and oxygen atoms in total. The van der Waals surface area contributed by atoms with Crippen LogP contribution in [0, 0.1) is 11.7 Å². The number of piperazine rings is 1. The Labute approximate surface area is 254 Å². The zero-order valence-electron chi connectivity index (χ0n) is 25.6. The minimum Gasteiger partial charge on any atom is -0.453 e. The van der Waals surface area contributed by atoms with E-state index in [4.69, 9.17) is 4.74 Å². The molecule has 0 spiro atoms. The van der Waals surface area contributed by atoms with Crippen molar-refractivity contribution < 1.29 is 28.9 Å². The molecule has 2 amide bonds. The number of ether oxygens (including phenoxy) is 1. The van der Waals surface area contributed by atoms with E-state index >= 15 is 4.39 Å². The van der Waals surface area contributed by atoms with Crippen molar-refractivity contribution in [1.29, 1.82) is 0 Å². The number of carbonyl (C=O) groups excluding carboxylic acids is 2. The Morgan fingerprint density at radius 1 is 1.09 bits per heavy atom. The Morgan fingerprint density at radius 2 is 1.84 bits per heavy atom. The molecule has 0 radical (unpaired) electrons. The van der Waals surface area contributed by atoms with Gasteiger partial charge in [-0.15, -0.1) is 0 Å². The predicted molar refractivity (Wildman–Crippen MR) is 164 cm³/mol. The molecule has 2 aliphatic heterocycles. The molecule has 0 aliphatic carbocycles. The summed E-state index contributed by atoms with van der Waals surface area (Å²) in [6.07, 6.45) is 2.41. The molecule has 2 fully saturated rings. The van der Waals surface area contributed by atoms with E-state index < -0.39 is 17.5 Å². The lowest BCUT2D eigenvalue weighted by Gasteiger charge is -2.44. The van der Waals surface area contributed by atoms with Gasteiger partial charge in [-0.2, -0.15) is 0 Å². The number of aliphatic hydroxyl groups excluding tert-OH is 1. The quantitative estimate of drug-likeness (QED) is 0.322. The number of nitrogens with one attached hydrogen (secondary N) is 1. The molecule has 4 rings (SSSR count). The molecule has 2 aromatic rings. The van der Waals surface area contributed by atoms with Crippen LogP contribution >= 0.6 is 0 Å². The van der Waals surface area contributed by atoms with E-state index in [0.29, 0.717) is 62.3 Å². The summed E-state index contributed by atoms with van der Waals surface area (Å²) in [6, 6.07) is 12.6. The van der Waals surface area contributed by atoms with Crippen LogP contribution < -0.4 is 5.32 Å². The maximum Gasteiger partial charge on any atom is 0.406 e. The summed E-state index contributed by atoms with van der Waals surface area (Å²) in [5.74, 6) is -0.689. The van der Waals surface area contributed by atoms with Crippen LogP contribution in [-0.2, 0) is 21.6 Å². The fourth-order valence-electron chi connectivity index (χ4n) is 6.50. The average Bonchev–Trinajstić information content (AvgIpc) is 3.03. The van der Waals surface area contributed by atoms with Crippen molar-refractivity contribution in [2.45, 2.75) is 44.6 Å². The SMILES string of the molecule is CCc1cccc(-c2c(F)cccc2[C@](O)(CCCNC(=O)OC)[C@@H]2CCCN(C(=O)CN3CCN(CCO)CC3)C2)c1. The number of piperidine rings is 1. The molecular weight excluding hydrogens is 551 g/mol. The van der Waals surface area contributed by atoms with Crippen LogP contribution in [0.4, 0.5) is 9.18 Å². The summed E-state index contributed by atoms with van der Waals surface area (Å²) in [4.78, 5) is 31.4. The summed E-state index contributed by atoms with van der Waals surface area (Å²) < 4.78 is 20.4. The lowest BCUT2D eigenvalue weighted by molar-refractivity contribution is -0.138. The summed E-state index contributed by atoms with van der Waals surface area (Å²) in [6.45, 7) is 7.60. The Balaban J connectivity index is 1.58. The van der Waals surface area contributed by atoms with Crippen LogP contribution in [0.25, 0.3) is 11.1 Å². The second kappa shape index (κ2) is 15.6. The number of carbonyl (C=O) groups is 2. The van der Waals surface area contributed by atoms with Crippen molar-refractivity contribution in [3.63, 3.8) is 0 Å². The number of likely N-dealkylation sites (tertiary alicyclic amines) is 1.